The maximum atomic E-state index is 11.9. The van der Waals surface area contributed by atoms with E-state index in [0.717, 1.165) is 74.4 Å². The molecule has 1 aliphatic heterocycles. The van der Waals surface area contributed by atoms with Gasteiger partial charge in [0.05, 0.1) is 7.11 Å². The Balaban J connectivity index is 1.36. The van der Waals surface area contributed by atoms with Crippen LogP contribution in [0.25, 0.3) is 0 Å². The Labute approximate surface area is 190 Å². The maximum Gasteiger partial charge on any atom is 0.220 e. The number of unbranched alkanes of at least 4 members (excludes halogenated alkanes) is 3. The van der Waals surface area contributed by atoms with Crippen LogP contribution in [0.3, 0.4) is 0 Å². The van der Waals surface area contributed by atoms with Crippen LogP contribution in [-0.2, 0) is 11.2 Å². The van der Waals surface area contributed by atoms with Crippen LogP contribution in [-0.4, -0.2) is 66.5 Å². The number of nitrogens with zero attached hydrogens (tertiary/aromatic N) is 4. The van der Waals surface area contributed by atoms with Crippen molar-refractivity contribution in [3.8, 4) is 5.75 Å². The van der Waals surface area contributed by atoms with Crippen molar-refractivity contribution < 1.29 is 9.53 Å². The zero-order valence-corrected chi connectivity index (χ0v) is 19.6. The smallest absolute Gasteiger partial charge is 0.220 e. The number of benzene rings is 1. The van der Waals surface area contributed by atoms with Gasteiger partial charge in [0.25, 0.3) is 0 Å². The summed E-state index contributed by atoms with van der Waals surface area (Å²) in [6.07, 6.45) is 5.94. The molecule has 1 aromatic heterocycles. The Kier molecular flexibility index (Phi) is 9.55. The summed E-state index contributed by atoms with van der Waals surface area (Å²) in [5, 5.41) is 4.06. The molecule has 0 radical (unpaired) electrons. The first-order valence-electron chi connectivity index (χ1n) is 11.4. The van der Waals surface area contributed by atoms with E-state index in [-0.39, 0.29) is 5.91 Å². The molecule has 1 aromatic carbocycles. The second-order valence-corrected chi connectivity index (χ2v) is 8.74. The van der Waals surface area contributed by atoms with Gasteiger partial charge in [-0.15, -0.1) is 0 Å². The molecule has 8 heteroatoms. The van der Waals surface area contributed by atoms with Crippen LogP contribution in [0.15, 0.2) is 24.3 Å². The minimum atomic E-state index is 0.187. The first kappa shape index (κ1) is 23.5. The van der Waals surface area contributed by atoms with Gasteiger partial charge in [-0.1, -0.05) is 38.3 Å². The lowest BCUT2D eigenvalue weighted by Crippen LogP contribution is -2.48. The third kappa shape index (κ3) is 7.78. The van der Waals surface area contributed by atoms with Crippen LogP contribution < -0.4 is 15.0 Å². The Morgan fingerprint density at radius 2 is 2.03 bits per heavy atom. The van der Waals surface area contributed by atoms with Crippen molar-refractivity contribution in [1.29, 1.82) is 0 Å². The van der Waals surface area contributed by atoms with E-state index in [1.807, 2.05) is 18.2 Å². The molecule has 0 aliphatic carbocycles. The summed E-state index contributed by atoms with van der Waals surface area (Å²) >= 11 is 1.48. The minimum Gasteiger partial charge on any atom is -0.497 e. The van der Waals surface area contributed by atoms with Crippen molar-refractivity contribution >= 4 is 22.6 Å². The molecule has 2 heterocycles. The zero-order valence-electron chi connectivity index (χ0n) is 18.8. The van der Waals surface area contributed by atoms with Crippen molar-refractivity contribution in [2.24, 2.45) is 0 Å². The predicted molar refractivity (Wildman–Crippen MR) is 126 cm³/mol. The average Bonchev–Trinajstić information content (AvgIpc) is 3.26. The van der Waals surface area contributed by atoms with Crippen molar-refractivity contribution in [2.75, 3.05) is 51.3 Å². The van der Waals surface area contributed by atoms with Crippen LogP contribution in [0, 0.1) is 0 Å². The molecule has 31 heavy (non-hydrogen) atoms. The molecule has 0 atom stereocenters. The van der Waals surface area contributed by atoms with E-state index in [1.165, 1.54) is 24.4 Å². The van der Waals surface area contributed by atoms with Crippen LogP contribution in [0.1, 0.15) is 50.4 Å². The SMILES string of the molecule is CCCCCCC(=O)NCCN1CCN(c2nc(Cc3cccc(OC)c3)ns2)CC1. The van der Waals surface area contributed by atoms with Gasteiger partial charge in [0, 0.05) is 63.6 Å². The fourth-order valence-electron chi connectivity index (χ4n) is 3.73. The van der Waals surface area contributed by atoms with E-state index in [1.54, 1.807) is 7.11 Å². The van der Waals surface area contributed by atoms with Gasteiger partial charge in [-0.2, -0.15) is 4.37 Å². The van der Waals surface area contributed by atoms with E-state index in [2.05, 4.69) is 32.5 Å². The molecule has 0 spiro atoms. The van der Waals surface area contributed by atoms with Crippen molar-refractivity contribution in [2.45, 2.75) is 45.4 Å². The number of nitrogens with one attached hydrogen (secondary N) is 1. The Morgan fingerprint density at radius 3 is 2.81 bits per heavy atom. The molecule has 0 saturated carbocycles. The largest absolute Gasteiger partial charge is 0.497 e. The van der Waals surface area contributed by atoms with Gasteiger partial charge in [-0.3, -0.25) is 9.69 Å². The fourth-order valence-corrected chi connectivity index (χ4v) is 4.46. The summed E-state index contributed by atoms with van der Waals surface area (Å²) in [5.41, 5.74) is 1.15. The molecule has 1 saturated heterocycles. The number of carbonyl (C=O) groups excluding carboxylic acids is 1. The van der Waals surface area contributed by atoms with E-state index in [0.29, 0.717) is 12.8 Å². The van der Waals surface area contributed by atoms with Gasteiger partial charge in [0.2, 0.25) is 11.0 Å². The lowest BCUT2D eigenvalue weighted by atomic mass is 10.1. The molecular weight excluding hydrogens is 410 g/mol. The number of hydrogen-bond donors (Lipinski definition) is 1. The molecule has 170 valence electrons. The number of methoxy groups -OCH3 is 1. The first-order valence-corrected chi connectivity index (χ1v) is 12.1. The van der Waals surface area contributed by atoms with E-state index >= 15 is 0 Å². The van der Waals surface area contributed by atoms with Gasteiger partial charge >= 0.3 is 0 Å². The quantitative estimate of drug-likeness (QED) is 0.505. The van der Waals surface area contributed by atoms with Crippen LogP contribution >= 0.6 is 11.5 Å². The fraction of sp³-hybridized carbons (Fsp3) is 0.609. The van der Waals surface area contributed by atoms with Gasteiger partial charge < -0.3 is 15.0 Å². The lowest BCUT2D eigenvalue weighted by molar-refractivity contribution is -0.121. The second-order valence-electron chi connectivity index (χ2n) is 8.01. The van der Waals surface area contributed by atoms with Gasteiger partial charge in [0.15, 0.2) is 0 Å². The van der Waals surface area contributed by atoms with E-state index < -0.39 is 0 Å². The molecular formula is C23H35N5O2S. The summed E-state index contributed by atoms with van der Waals surface area (Å²) in [5.74, 6) is 1.90. The van der Waals surface area contributed by atoms with Crippen molar-refractivity contribution in [3.05, 3.63) is 35.7 Å². The third-order valence-electron chi connectivity index (χ3n) is 5.60. The van der Waals surface area contributed by atoms with Crippen LogP contribution in [0.2, 0.25) is 0 Å². The summed E-state index contributed by atoms with van der Waals surface area (Å²) in [7, 11) is 1.68. The molecule has 1 aliphatic rings. The zero-order chi connectivity index (χ0) is 21.9. The Hall–Kier alpha value is -2.19. The molecule has 3 rings (SSSR count). The van der Waals surface area contributed by atoms with E-state index in [9.17, 15) is 4.79 Å². The van der Waals surface area contributed by atoms with Gasteiger partial charge in [-0.25, -0.2) is 4.98 Å². The molecule has 1 N–H and O–H groups in total. The monoisotopic (exact) mass is 445 g/mol. The average molecular weight is 446 g/mol. The number of amides is 1. The molecule has 1 fully saturated rings. The molecule has 0 bridgehead atoms. The Morgan fingerprint density at radius 1 is 1.19 bits per heavy atom. The number of ether oxygens (including phenoxy) is 1. The van der Waals surface area contributed by atoms with Crippen molar-refractivity contribution in [3.63, 3.8) is 0 Å². The summed E-state index contributed by atoms with van der Waals surface area (Å²) < 4.78 is 9.85. The van der Waals surface area contributed by atoms with Gasteiger partial charge in [-0.05, 0) is 24.1 Å². The minimum absolute atomic E-state index is 0.187. The highest BCUT2D eigenvalue weighted by molar-refractivity contribution is 7.09. The lowest BCUT2D eigenvalue weighted by Gasteiger charge is -2.34. The molecule has 2 aromatic rings. The number of hydrogen-bond acceptors (Lipinski definition) is 7. The highest BCUT2D eigenvalue weighted by Gasteiger charge is 2.20. The topological polar surface area (TPSA) is 70.6 Å². The standard InChI is InChI=1S/C23H35N5O2S/c1-3-4-5-6-10-22(29)24-11-12-27-13-15-28(16-14-27)23-25-21(26-31-23)18-19-8-7-9-20(17-19)30-2/h7-9,17H,3-6,10-16,18H2,1-2H3,(H,24,29). The van der Waals surface area contributed by atoms with Crippen molar-refractivity contribution in [1.82, 2.24) is 19.6 Å². The third-order valence-corrected chi connectivity index (χ3v) is 6.42. The predicted octanol–water partition coefficient (Wildman–Crippen LogP) is 3.35. The number of rotatable bonds is 12. The molecule has 1 amide bonds. The van der Waals surface area contributed by atoms with Crippen LogP contribution in [0.4, 0.5) is 5.13 Å². The summed E-state index contributed by atoms with van der Waals surface area (Å²) in [6, 6.07) is 8.05. The number of piperazine rings is 1. The highest BCUT2D eigenvalue weighted by atomic mass is 32.1. The summed E-state index contributed by atoms with van der Waals surface area (Å²) in [4.78, 5) is 21.4. The van der Waals surface area contributed by atoms with Gasteiger partial charge in [0.1, 0.15) is 11.6 Å². The highest BCUT2D eigenvalue weighted by Crippen LogP contribution is 2.21. The molecule has 7 nitrogen and oxygen atoms in total. The van der Waals surface area contributed by atoms with Crippen LogP contribution in [0.5, 0.6) is 5.75 Å². The number of aromatic nitrogens is 2. The second kappa shape index (κ2) is 12.6. The number of carbonyl (C=O) groups is 1. The number of anilines is 1. The first-order chi connectivity index (χ1) is 15.2. The molecule has 0 unspecified atom stereocenters. The normalized spacial score (nSPS) is 14.6. The Bertz CT molecular complexity index is 805. The summed E-state index contributed by atoms with van der Waals surface area (Å²) in [6.45, 7) is 7.68. The van der Waals surface area contributed by atoms with E-state index in [4.69, 9.17) is 9.72 Å². The maximum absolute atomic E-state index is 11.9.